The van der Waals surface area contributed by atoms with Crippen LogP contribution in [0.15, 0.2) is 12.1 Å². The van der Waals surface area contributed by atoms with Gasteiger partial charge in [-0.1, -0.05) is 12.1 Å². The molecule has 90 valence electrons. The summed E-state index contributed by atoms with van der Waals surface area (Å²) in [7, 11) is 0. The van der Waals surface area contributed by atoms with Crippen LogP contribution in [-0.4, -0.2) is 16.1 Å². The third-order valence-electron chi connectivity index (χ3n) is 3.28. The molecular weight excluding hydrogens is 214 g/mol. The topological polar surface area (TPSA) is 53.1 Å². The molecule has 17 heavy (non-hydrogen) atoms. The van der Waals surface area contributed by atoms with Gasteiger partial charge in [-0.05, 0) is 43.9 Å². The second kappa shape index (κ2) is 4.24. The molecular formula is C14H17NO2. The lowest BCUT2D eigenvalue weighted by Gasteiger charge is -2.03. The van der Waals surface area contributed by atoms with Crippen LogP contribution in [0.4, 0.5) is 0 Å². The molecule has 2 rings (SSSR count). The van der Waals surface area contributed by atoms with Crippen molar-refractivity contribution in [3.63, 3.8) is 0 Å². The number of carboxylic acids is 1. The molecule has 0 saturated heterocycles. The van der Waals surface area contributed by atoms with E-state index in [1.165, 1.54) is 16.5 Å². The Bertz CT molecular complexity index is 581. The van der Waals surface area contributed by atoms with Gasteiger partial charge in [0.15, 0.2) is 0 Å². The minimum Gasteiger partial charge on any atom is -0.481 e. The Morgan fingerprint density at radius 1 is 1.24 bits per heavy atom. The summed E-state index contributed by atoms with van der Waals surface area (Å²) in [5.74, 6) is -0.746. The first-order valence-corrected chi connectivity index (χ1v) is 5.80. The van der Waals surface area contributed by atoms with Crippen molar-refractivity contribution in [1.29, 1.82) is 0 Å². The van der Waals surface area contributed by atoms with Gasteiger partial charge in [-0.25, -0.2) is 0 Å². The summed E-state index contributed by atoms with van der Waals surface area (Å²) < 4.78 is 0. The van der Waals surface area contributed by atoms with Crippen molar-refractivity contribution in [2.45, 2.75) is 33.6 Å². The van der Waals surface area contributed by atoms with E-state index < -0.39 is 5.97 Å². The van der Waals surface area contributed by atoms with Crippen LogP contribution in [0, 0.1) is 20.8 Å². The lowest BCUT2D eigenvalue weighted by Crippen LogP contribution is -1.98. The molecule has 1 aromatic carbocycles. The van der Waals surface area contributed by atoms with Gasteiger partial charge in [-0.2, -0.15) is 0 Å². The molecule has 2 N–H and O–H groups in total. The zero-order chi connectivity index (χ0) is 12.6. The molecule has 0 aliphatic rings. The molecule has 0 fully saturated rings. The lowest BCUT2D eigenvalue weighted by molar-refractivity contribution is -0.136. The fourth-order valence-corrected chi connectivity index (χ4v) is 2.36. The summed E-state index contributed by atoms with van der Waals surface area (Å²) in [5, 5.41) is 9.99. The Labute approximate surface area is 100 Å². The van der Waals surface area contributed by atoms with E-state index in [-0.39, 0.29) is 6.42 Å². The van der Waals surface area contributed by atoms with E-state index in [4.69, 9.17) is 5.11 Å². The summed E-state index contributed by atoms with van der Waals surface area (Å²) in [6, 6.07) is 4.18. The number of hydrogen-bond acceptors (Lipinski definition) is 1. The largest absolute Gasteiger partial charge is 0.481 e. The van der Waals surface area contributed by atoms with Crippen molar-refractivity contribution >= 4 is 16.9 Å². The summed E-state index contributed by atoms with van der Waals surface area (Å²) >= 11 is 0. The molecule has 0 bridgehead atoms. The Hall–Kier alpha value is -1.77. The van der Waals surface area contributed by atoms with E-state index in [1.54, 1.807) is 0 Å². The first kappa shape index (κ1) is 11.7. The highest BCUT2D eigenvalue weighted by Crippen LogP contribution is 2.28. The maximum absolute atomic E-state index is 10.7. The Kier molecular flexibility index (Phi) is 2.92. The quantitative estimate of drug-likeness (QED) is 0.852. The molecule has 1 aromatic heterocycles. The Morgan fingerprint density at radius 2 is 1.88 bits per heavy atom. The van der Waals surface area contributed by atoms with E-state index >= 15 is 0 Å². The molecule has 0 radical (unpaired) electrons. The van der Waals surface area contributed by atoms with Gasteiger partial charge in [0.1, 0.15) is 0 Å². The number of aromatic nitrogens is 1. The second-order valence-electron chi connectivity index (χ2n) is 4.57. The monoisotopic (exact) mass is 231 g/mol. The van der Waals surface area contributed by atoms with E-state index in [0.717, 1.165) is 16.8 Å². The number of benzene rings is 1. The molecule has 0 saturated carbocycles. The van der Waals surface area contributed by atoms with E-state index in [2.05, 4.69) is 31.0 Å². The minimum absolute atomic E-state index is 0.182. The number of hydrogen-bond donors (Lipinski definition) is 2. The van der Waals surface area contributed by atoms with Crippen LogP contribution in [0.3, 0.4) is 0 Å². The van der Waals surface area contributed by atoms with Gasteiger partial charge in [0.05, 0.1) is 0 Å². The van der Waals surface area contributed by atoms with Crippen LogP contribution in [0.25, 0.3) is 10.9 Å². The number of nitrogens with one attached hydrogen (secondary N) is 1. The molecule has 3 heteroatoms. The smallest absolute Gasteiger partial charge is 0.303 e. The predicted molar refractivity (Wildman–Crippen MR) is 68.5 cm³/mol. The zero-order valence-corrected chi connectivity index (χ0v) is 10.4. The van der Waals surface area contributed by atoms with E-state index in [1.807, 2.05) is 6.92 Å². The maximum Gasteiger partial charge on any atom is 0.303 e. The van der Waals surface area contributed by atoms with Gasteiger partial charge in [-0.3, -0.25) is 4.79 Å². The van der Waals surface area contributed by atoms with Crippen LogP contribution in [0.5, 0.6) is 0 Å². The third kappa shape index (κ3) is 2.05. The fourth-order valence-electron chi connectivity index (χ4n) is 2.36. The van der Waals surface area contributed by atoms with Crippen molar-refractivity contribution in [2.24, 2.45) is 0 Å². The summed E-state index contributed by atoms with van der Waals surface area (Å²) in [6.07, 6.45) is 0.770. The Balaban J connectivity index is 2.58. The molecule has 1 heterocycles. The second-order valence-corrected chi connectivity index (χ2v) is 4.57. The fraction of sp³-hybridized carbons (Fsp3) is 0.357. The van der Waals surface area contributed by atoms with Crippen LogP contribution in [0.1, 0.15) is 28.8 Å². The van der Waals surface area contributed by atoms with Crippen molar-refractivity contribution in [2.75, 3.05) is 0 Å². The molecule has 0 unspecified atom stereocenters. The normalized spacial score (nSPS) is 11.0. The number of rotatable bonds is 3. The maximum atomic E-state index is 10.7. The molecule has 0 spiro atoms. The first-order chi connectivity index (χ1) is 8.00. The lowest BCUT2D eigenvalue weighted by atomic mass is 10.0. The molecule has 2 aromatic rings. The first-order valence-electron chi connectivity index (χ1n) is 5.80. The van der Waals surface area contributed by atoms with Crippen molar-refractivity contribution < 1.29 is 9.90 Å². The van der Waals surface area contributed by atoms with Crippen molar-refractivity contribution in [1.82, 2.24) is 4.98 Å². The summed E-state index contributed by atoms with van der Waals surface area (Å²) in [5.41, 5.74) is 5.77. The highest BCUT2D eigenvalue weighted by atomic mass is 16.4. The number of carboxylic acid groups (broad SMARTS) is 1. The number of aliphatic carboxylic acids is 1. The van der Waals surface area contributed by atoms with Gasteiger partial charge in [0, 0.05) is 23.0 Å². The summed E-state index contributed by atoms with van der Waals surface area (Å²) in [4.78, 5) is 14.1. The van der Waals surface area contributed by atoms with Gasteiger partial charge in [0.25, 0.3) is 0 Å². The number of aryl methyl sites for hydroxylation is 4. The average Bonchev–Trinajstić information content (AvgIpc) is 2.59. The van der Waals surface area contributed by atoms with Gasteiger partial charge < -0.3 is 10.1 Å². The average molecular weight is 231 g/mol. The van der Waals surface area contributed by atoms with Crippen LogP contribution < -0.4 is 0 Å². The highest BCUT2D eigenvalue weighted by molar-refractivity contribution is 5.90. The van der Waals surface area contributed by atoms with Crippen LogP contribution in [0.2, 0.25) is 0 Å². The minimum atomic E-state index is -0.746. The zero-order valence-electron chi connectivity index (χ0n) is 10.4. The number of carbonyl (C=O) groups is 1. The standard InChI is InChI=1S/C14H17NO2/c1-8-4-5-9(2)14-13(8)11(10(3)15-14)6-7-12(16)17/h4-5,15H,6-7H2,1-3H3,(H,16,17). The van der Waals surface area contributed by atoms with E-state index in [0.29, 0.717) is 6.42 Å². The van der Waals surface area contributed by atoms with Crippen molar-refractivity contribution in [3.8, 4) is 0 Å². The van der Waals surface area contributed by atoms with Crippen LogP contribution >= 0.6 is 0 Å². The number of fused-ring (bicyclic) bond motifs is 1. The van der Waals surface area contributed by atoms with Crippen LogP contribution in [-0.2, 0) is 11.2 Å². The molecule has 0 aliphatic carbocycles. The summed E-state index contributed by atoms with van der Waals surface area (Å²) in [6.45, 7) is 6.15. The molecule has 0 amide bonds. The molecule has 0 aliphatic heterocycles. The SMILES string of the molecule is Cc1[nH]c2c(C)ccc(C)c2c1CCC(=O)O. The molecule has 3 nitrogen and oxygen atoms in total. The Morgan fingerprint density at radius 3 is 2.53 bits per heavy atom. The highest BCUT2D eigenvalue weighted by Gasteiger charge is 2.13. The third-order valence-corrected chi connectivity index (χ3v) is 3.28. The molecule has 0 atom stereocenters. The van der Waals surface area contributed by atoms with Gasteiger partial charge >= 0.3 is 5.97 Å². The van der Waals surface area contributed by atoms with Gasteiger partial charge in [0.2, 0.25) is 0 Å². The predicted octanol–water partition coefficient (Wildman–Crippen LogP) is 3.11. The van der Waals surface area contributed by atoms with Crippen molar-refractivity contribution in [3.05, 3.63) is 34.5 Å². The number of aromatic amines is 1. The number of H-pyrrole nitrogens is 1. The van der Waals surface area contributed by atoms with Gasteiger partial charge in [-0.15, -0.1) is 0 Å². The van der Waals surface area contributed by atoms with E-state index in [9.17, 15) is 4.79 Å².